The SMILES string of the molecule is CC(NC(=O)CCC1CCNC1)c1noc(Cc2ccccc2)n1. The first-order chi connectivity index (χ1) is 11.7. The second kappa shape index (κ2) is 8.06. The molecule has 24 heavy (non-hydrogen) atoms. The Hall–Kier alpha value is -2.21. The van der Waals surface area contributed by atoms with Gasteiger partial charge in [0.15, 0.2) is 5.82 Å². The van der Waals surface area contributed by atoms with Crippen molar-refractivity contribution in [3.63, 3.8) is 0 Å². The Balaban J connectivity index is 1.47. The monoisotopic (exact) mass is 328 g/mol. The predicted octanol–water partition coefficient (Wildman–Crippen LogP) is 2.23. The van der Waals surface area contributed by atoms with E-state index in [-0.39, 0.29) is 11.9 Å². The van der Waals surface area contributed by atoms with Gasteiger partial charge in [-0.1, -0.05) is 35.5 Å². The van der Waals surface area contributed by atoms with Crippen LogP contribution in [0.5, 0.6) is 0 Å². The normalized spacial score (nSPS) is 18.5. The van der Waals surface area contributed by atoms with Gasteiger partial charge < -0.3 is 15.2 Å². The molecule has 128 valence electrons. The zero-order valence-electron chi connectivity index (χ0n) is 14.0. The van der Waals surface area contributed by atoms with Gasteiger partial charge in [0.05, 0.1) is 12.5 Å². The number of nitrogens with zero attached hydrogens (tertiary/aromatic N) is 2. The fraction of sp³-hybridized carbons (Fsp3) is 0.500. The van der Waals surface area contributed by atoms with Crippen LogP contribution in [0.3, 0.4) is 0 Å². The van der Waals surface area contributed by atoms with E-state index < -0.39 is 0 Å². The third-order valence-corrected chi connectivity index (χ3v) is 4.39. The highest BCUT2D eigenvalue weighted by Crippen LogP contribution is 2.15. The Labute approximate surface area is 142 Å². The van der Waals surface area contributed by atoms with Crippen molar-refractivity contribution < 1.29 is 9.32 Å². The lowest BCUT2D eigenvalue weighted by atomic mass is 10.0. The fourth-order valence-corrected chi connectivity index (χ4v) is 2.96. The van der Waals surface area contributed by atoms with E-state index in [1.54, 1.807) is 0 Å². The third-order valence-electron chi connectivity index (χ3n) is 4.39. The van der Waals surface area contributed by atoms with Crippen molar-refractivity contribution >= 4 is 5.91 Å². The summed E-state index contributed by atoms with van der Waals surface area (Å²) in [7, 11) is 0. The largest absolute Gasteiger partial charge is 0.346 e. The van der Waals surface area contributed by atoms with Crippen LogP contribution in [0, 0.1) is 5.92 Å². The minimum atomic E-state index is -0.243. The van der Waals surface area contributed by atoms with Crippen LogP contribution in [0.2, 0.25) is 0 Å². The van der Waals surface area contributed by atoms with E-state index in [0.717, 1.165) is 31.5 Å². The van der Waals surface area contributed by atoms with Crippen molar-refractivity contribution in [2.75, 3.05) is 13.1 Å². The maximum absolute atomic E-state index is 12.1. The summed E-state index contributed by atoms with van der Waals surface area (Å²) in [6.45, 7) is 3.97. The number of hydrogen-bond acceptors (Lipinski definition) is 5. The van der Waals surface area contributed by atoms with Gasteiger partial charge in [0.25, 0.3) is 0 Å². The smallest absolute Gasteiger partial charge is 0.231 e. The lowest BCUT2D eigenvalue weighted by Gasteiger charge is -2.11. The molecule has 2 aromatic rings. The van der Waals surface area contributed by atoms with Crippen molar-refractivity contribution in [3.05, 3.63) is 47.6 Å². The molecule has 0 spiro atoms. The average molecular weight is 328 g/mol. The molecule has 1 fully saturated rings. The number of aromatic nitrogens is 2. The highest BCUT2D eigenvalue weighted by atomic mass is 16.5. The topological polar surface area (TPSA) is 80.0 Å². The number of rotatable bonds is 7. The number of carbonyl (C=O) groups excluding carboxylic acids is 1. The first-order valence-corrected chi connectivity index (χ1v) is 8.57. The number of carbonyl (C=O) groups is 1. The molecule has 1 aromatic heterocycles. The molecule has 6 heteroatoms. The van der Waals surface area contributed by atoms with Crippen molar-refractivity contribution in [3.8, 4) is 0 Å². The second-order valence-electron chi connectivity index (χ2n) is 6.40. The van der Waals surface area contributed by atoms with Crippen LogP contribution in [-0.2, 0) is 11.2 Å². The summed E-state index contributed by atoms with van der Waals surface area (Å²) in [6.07, 6.45) is 3.24. The van der Waals surface area contributed by atoms with Gasteiger partial charge in [-0.05, 0) is 44.3 Å². The molecule has 6 nitrogen and oxygen atoms in total. The Bertz CT molecular complexity index is 650. The fourth-order valence-electron chi connectivity index (χ4n) is 2.96. The van der Waals surface area contributed by atoms with Gasteiger partial charge in [0, 0.05) is 6.42 Å². The summed E-state index contributed by atoms with van der Waals surface area (Å²) >= 11 is 0. The number of nitrogens with one attached hydrogen (secondary N) is 2. The summed E-state index contributed by atoms with van der Waals surface area (Å²) in [5, 5.41) is 10.3. The molecule has 0 aliphatic carbocycles. The molecule has 1 aliphatic rings. The lowest BCUT2D eigenvalue weighted by molar-refractivity contribution is -0.122. The molecule has 0 saturated carbocycles. The standard InChI is InChI=1S/C18H24N4O2/c1-13(20-16(23)8-7-15-9-10-19-12-15)18-21-17(24-22-18)11-14-5-3-2-4-6-14/h2-6,13,15,19H,7-12H2,1H3,(H,20,23). The van der Waals surface area contributed by atoms with Crippen LogP contribution < -0.4 is 10.6 Å². The molecule has 1 aromatic carbocycles. The van der Waals surface area contributed by atoms with Gasteiger partial charge in [0.2, 0.25) is 11.8 Å². The molecule has 0 bridgehead atoms. The molecule has 1 saturated heterocycles. The summed E-state index contributed by atoms with van der Waals surface area (Å²) < 4.78 is 5.29. The summed E-state index contributed by atoms with van der Waals surface area (Å²) in [5.41, 5.74) is 1.12. The second-order valence-corrected chi connectivity index (χ2v) is 6.40. The molecule has 3 rings (SSSR count). The summed E-state index contributed by atoms with van der Waals surface area (Å²) in [5.74, 6) is 1.75. The molecular weight excluding hydrogens is 304 g/mol. The molecular formula is C18H24N4O2. The number of benzene rings is 1. The van der Waals surface area contributed by atoms with Crippen LogP contribution in [0.4, 0.5) is 0 Å². The van der Waals surface area contributed by atoms with Crippen molar-refractivity contribution in [2.24, 2.45) is 5.92 Å². The maximum atomic E-state index is 12.1. The van der Waals surface area contributed by atoms with Crippen molar-refractivity contribution in [1.29, 1.82) is 0 Å². The van der Waals surface area contributed by atoms with Crippen LogP contribution in [0.1, 0.15) is 49.5 Å². The predicted molar refractivity (Wildman–Crippen MR) is 90.3 cm³/mol. The molecule has 2 atom stereocenters. The first-order valence-electron chi connectivity index (χ1n) is 8.57. The van der Waals surface area contributed by atoms with Crippen LogP contribution in [0.15, 0.2) is 34.9 Å². The minimum absolute atomic E-state index is 0.0452. The summed E-state index contributed by atoms with van der Waals surface area (Å²) in [4.78, 5) is 16.5. The zero-order chi connectivity index (χ0) is 16.8. The van der Waals surface area contributed by atoms with Crippen LogP contribution >= 0.6 is 0 Å². The Kier molecular flexibility index (Phi) is 5.59. The van der Waals surface area contributed by atoms with E-state index in [9.17, 15) is 4.79 Å². The van der Waals surface area contributed by atoms with E-state index in [2.05, 4.69) is 20.8 Å². The molecule has 1 aliphatic heterocycles. The Morgan fingerprint density at radius 3 is 3.00 bits per heavy atom. The van der Waals surface area contributed by atoms with Gasteiger partial charge >= 0.3 is 0 Å². The van der Waals surface area contributed by atoms with E-state index in [0.29, 0.717) is 30.5 Å². The highest BCUT2D eigenvalue weighted by molar-refractivity contribution is 5.76. The number of hydrogen-bond donors (Lipinski definition) is 2. The van der Waals surface area contributed by atoms with Crippen LogP contribution in [0.25, 0.3) is 0 Å². The molecule has 0 radical (unpaired) electrons. The zero-order valence-corrected chi connectivity index (χ0v) is 14.0. The lowest BCUT2D eigenvalue weighted by Crippen LogP contribution is -2.27. The average Bonchev–Trinajstić information content (AvgIpc) is 3.25. The van der Waals surface area contributed by atoms with Crippen LogP contribution in [-0.4, -0.2) is 29.1 Å². The Morgan fingerprint density at radius 2 is 2.25 bits per heavy atom. The first kappa shape index (κ1) is 16.6. The van der Waals surface area contributed by atoms with Gasteiger partial charge in [0.1, 0.15) is 0 Å². The maximum Gasteiger partial charge on any atom is 0.231 e. The van der Waals surface area contributed by atoms with Gasteiger partial charge in [-0.15, -0.1) is 0 Å². The molecule has 1 amide bonds. The Morgan fingerprint density at radius 1 is 1.42 bits per heavy atom. The van der Waals surface area contributed by atoms with E-state index >= 15 is 0 Å². The quantitative estimate of drug-likeness (QED) is 0.815. The minimum Gasteiger partial charge on any atom is -0.346 e. The number of amides is 1. The molecule has 2 N–H and O–H groups in total. The summed E-state index contributed by atoms with van der Waals surface area (Å²) in [6, 6.07) is 9.74. The van der Waals surface area contributed by atoms with Crippen molar-refractivity contribution in [2.45, 2.75) is 38.6 Å². The van der Waals surface area contributed by atoms with E-state index in [4.69, 9.17) is 4.52 Å². The van der Waals surface area contributed by atoms with Gasteiger partial charge in [-0.2, -0.15) is 4.98 Å². The third kappa shape index (κ3) is 4.64. The van der Waals surface area contributed by atoms with E-state index in [1.807, 2.05) is 37.3 Å². The van der Waals surface area contributed by atoms with Gasteiger partial charge in [-0.3, -0.25) is 4.79 Å². The van der Waals surface area contributed by atoms with E-state index in [1.165, 1.54) is 0 Å². The van der Waals surface area contributed by atoms with Gasteiger partial charge in [-0.25, -0.2) is 0 Å². The molecule has 2 heterocycles. The molecule has 2 unspecified atom stereocenters. The highest BCUT2D eigenvalue weighted by Gasteiger charge is 2.19. The van der Waals surface area contributed by atoms with Crippen molar-refractivity contribution in [1.82, 2.24) is 20.8 Å².